The van der Waals surface area contributed by atoms with Crippen LogP contribution in [0.4, 0.5) is 4.39 Å². The second-order valence-electron chi connectivity index (χ2n) is 3.79. The molecule has 3 N–H and O–H groups in total. The second kappa shape index (κ2) is 6.48. The molecule has 1 unspecified atom stereocenters. The van der Waals surface area contributed by atoms with Gasteiger partial charge in [0.25, 0.3) is 5.91 Å². The summed E-state index contributed by atoms with van der Waals surface area (Å²) in [5.41, 5.74) is -0.179. The number of hydrogen-bond donors (Lipinski definition) is 3. The highest BCUT2D eigenvalue weighted by molar-refractivity contribution is 5.97. The van der Waals surface area contributed by atoms with Crippen molar-refractivity contribution in [2.45, 2.75) is 13.0 Å². The summed E-state index contributed by atoms with van der Waals surface area (Å²) in [7, 11) is 0. The Morgan fingerprint density at radius 3 is 2.53 bits per heavy atom. The fourth-order valence-electron chi connectivity index (χ4n) is 1.26. The zero-order chi connectivity index (χ0) is 14.4. The van der Waals surface area contributed by atoms with Crippen LogP contribution in [-0.2, 0) is 9.59 Å². The number of carbonyl (C=O) groups excluding carboxylic acids is 2. The van der Waals surface area contributed by atoms with E-state index in [0.29, 0.717) is 0 Å². The summed E-state index contributed by atoms with van der Waals surface area (Å²) in [5.74, 6) is -3.29. The van der Waals surface area contributed by atoms with Crippen LogP contribution in [0, 0.1) is 5.82 Å². The average molecular weight is 268 g/mol. The van der Waals surface area contributed by atoms with Gasteiger partial charge in [-0.3, -0.25) is 14.4 Å². The highest BCUT2D eigenvalue weighted by Crippen LogP contribution is 2.05. The lowest BCUT2D eigenvalue weighted by Crippen LogP contribution is -2.44. The van der Waals surface area contributed by atoms with Gasteiger partial charge in [-0.15, -0.1) is 0 Å². The molecule has 19 heavy (non-hydrogen) atoms. The summed E-state index contributed by atoms with van der Waals surface area (Å²) in [6.45, 7) is 0.865. The van der Waals surface area contributed by atoms with Gasteiger partial charge in [-0.25, -0.2) is 4.39 Å². The fraction of sp³-hybridized carbons (Fsp3) is 0.250. The molecule has 102 valence electrons. The Hall–Kier alpha value is -2.44. The van der Waals surface area contributed by atoms with E-state index in [4.69, 9.17) is 5.11 Å². The number of carboxylic acids is 1. The fourth-order valence-corrected chi connectivity index (χ4v) is 1.26. The summed E-state index contributed by atoms with van der Waals surface area (Å²) in [4.78, 5) is 33.3. The number of amides is 2. The van der Waals surface area contributed by atoms with Crippen LogP contribution < -0.4 is 10.6 Å². The largest absolute Gasteiger partial charge is 0.480 e. The lowest BCUT2D eigenvalue weighted by Gasteiger charge is -2.10. The van der Waals surface area contributed by atoms with Crippen molar-refractivity contribution in [2.75, 3.05) is 6.54 Å². The number of nitrogens with one attached hydrogen (secondary N) is 2. The van der Waals surface area contributed by atoms with Crippen LogP contribution in [-0.4, -0.2) is 35.5 Å². The third-order valence-electron chi connectivity index (χ3n) is 2.28. The Bertz CT molecular complexity index is 504. The first-order chi connectivity index (χ1) is 8.91. The van der Waals surface area contributed by atoms with Gasteiger partial charge in [0.05, 0.1) is 12.1 Å². The monoisotopic (exact) mass is 268 g/mol. The van der Waals surface area contributed by atoms with E-state index in [1.807, 2.05) is 0 Å². The Morgan fingerprint density at radius 2 is 1.95 bits per heavy atom. The Balaban J connectivity index is 2.49. The number of benzene rings is 1. The van der Waals surface area contributed by atoms with Crippen LogP contribution in [0.25, 0.3) is 0 Å². The van der Waals surface area contributed by atoms with E-state index in [9.17, 15) is 18.8 Å². The molecule has 0 saturated carbocycles. The molecule has 0 aromatic heterocycles. The maximum Gasteiger partial charge on any atom is 0.325 e. The van der Waals surface area contributed by atoms with Crippen molar-refractivity contribution in [3.63, 3.8) is 0 Å². The van der Waals surface area contributed by atoms with Crippen LogP contribution in [0.1, 0.15) is 17.3 Å². The van der Waals surface area contributed by atoms with E-state index in [-0.39, 0.29) is 5.56 Å². The van der Waals surface area contributed by atoms with Crippen LogP contribution in [0.5, 0.6) is 0 Å². The Labute approximate surface area is 108 Å². The summed E-state index contributed by atoms with van der Waals surface area (Å²) >= 11 is 0. The zero-order valence-electron chi connectivity index (χ0n) is 10.1. The molecule has 0 radical (unpaired) electrons. The summed E-state index contributed by atoms with van der Waals surface area (Å²) < 4.78 is 13.2. The average Bonchev–Trinajstić information content (AvgIpc) is 2.36. The third kappa shape index (κ3) is 4.38. The first kappa shape index (κ1) is 14.6. The first-order valence-corrected chi connectivity index (χ1v) is 5.46. The van der Waals surface area contributed by atoms with Gasteiger partial charge in [0.1, 0.15) is 11.9 Å². The highest BCUT2D eigenvalue weighted by atomic mass is 19.1. The predicted octanol–water partition coefficient (Wildman–Crippen LogP) is 0.145. The minimum atomic E-state index is -1.19. The lowest BCUT2D eigenvalue weighted by molar-refractivity contribution is -0.141. The molecule has 0 aliphatic carbocycles. The SMILES string of the molecule is CC(NC(=O)CNC(=O)c1ccccc1F)C(=O)O. The van der Waals surface area contributed by atoms with Crippen LogP contribution in [0.15, 0.2) is 24.3 Å². The standard InChI is InChI=1S/C12H13FN2O4/c1-7(12(18)19)15-10(16)6-14-11(17)8-4-2-3-5-9(8)13/h2-5,7H,6H2,1H3,(H,14,17)(H,15,16)(H,18,19). The highest BCUT2D eigenvalue weighted by Gasteiger charge is 2.15. The Kier molecular flexibility index (Phi) is 4.99. The van der Waals surface area contributed by atoms with Crippen molar-refractivity contribution in [1.82, 2.24) is 10.6 Å². The number of halogens is 1. The van der Waals surface area contributed by atoms with E-state index in [2.05, 4.69) is 10.6 Å². The van der Waals surface area contributed by atoms with Gasteiger partial charge < -0.3 is 15.7 Å². The van der Waals surface area contributed by atoms with Crippen molar-refractivity contribution >= 4 is 17.8 Å². The first-order valence-electron chi connectivity index (χ1n) is 5.46. The molecule has 1 atom stereocenters. The topological polar surface area (TPSA) is 95.5 Å². The smallest absolute Gasteiger partial charge is 0.325 e. The lowest BCUT2D eigenvalue weighted by atomic mass is 10.2. The van der Waals surface area contributed by atoms with Crippen molar-refractivity contribution in [3.8, 4) is 0 Å². The molecule has 1 rings (SSSR count). The van der Waals surface area contributed by atoms with Gasteiger partial charge in [-0.05, 0) is 19.1 Å². The summed E-state index contributed by atoms with van der Waals surface area (Å²) in [6, 6.07) is 4.28. The van der Waals surface area contributed by atoms with Crippen molar-refractivity contribution in [2.24, 2.45) is 0 Å². The summed E-state index contributed by atoms with van der Waals surface area (Å²) in [5, 5.41) is 12.9. The summed E-state index contributed by atoms with van der Waals surface area (Å²) in [6.07, 6.45) is 0. The number of carbonyl (C=O) groups is 3. The minimum absolute atomic E-state index is 0.179. The minimum Gasteiger partial charge on any atom is -0.480 e. The molecule has 0 spiro atoms. The van der Waals surface area contributed by atoms with E-state index in [1.165, 1.54) is 25.1 Å². The van der Waals surface area contributed by atoms with Crippen LogP contribution in [0.3, 0.4) is 0 Å². The molecular weight excluding hydrogens is 255 g/mol. The normalized spacial score (nSPS) is 11.5. The van der Waals surface area contributed by atoms with Crippen molar-refractivity contribution in [1.29, 1.82) is 0 Å². The van der Waals surface area contributed by atoms with Gasteiger partial charge in [-0.1, -0.05) is 12.1 Å². The Morgan fingerprint density at radius 1 is 1.32 bits per heavy atom. The van der Waals surface area contributed by atoms with E-state index in [0.717, 1.165) is 6.07 Å². The number of rotatable bonds is 5. The molecule has 7 heteroatoms. The molecule has 0 saturated heterocycles. The quantitative estimate of drug-likeness (QED) is 0.708. The molecule has 0 bridgehead atoms. The van der Waals surface area contributed by atoms with E-state index < -0.39 is 36.2 Å². The molecule has 0 heterocycles. The zero-order valence-corrected chi connectivity index (χ0v) is 10.1. The van der Waals surface area contributed by atoms with E-state index >= 15 is 0 Å². The molecule has 0 aliphatic rings. The maximum absolute atomic E-state index is 13.2. The molecule has 0 aliphatic heterocycles. The molecule has 1 aromatic rings. The molecular formula is C12H13FN2O4. The van der Waals surface area contributed by atoms with Crippen molar-refractivity contribution in [3.05, 3.63) is 35.6 Å². The number of carboxylic acid groups (broad SMARTS) is 1. The van der Waals surface area contributed by atoms with Gasteiger partial charge in [0, 0.05) is 0 Å². The van der Waals surface area contributed by atoms with Gasteiger partial charge in [0.2, 0.25) is 5.91 Å². The van der Waals surface area contributed by atoms with Crippen LogP contribution >= 0.6 is 0 Å². The number of hydrogen-bond acceptors (Lipinski definition) is 3. The van der Waals surface area contributed by atoms with Crippen molar-refractivity contribution < 1.29 is 23.9 Å². The second-order valence-corrected chi connectivity index (χ2v) is 3.79. The molecule has 6 nitrogen and oxygen atoms in total. The molecule has 1 aromatic carbocycles. The molecule has 2 amide bonds. The predicted molar refractivity (Wildman–Crippen MR) is 64.0 cm³/mol. The van der Waals surface area contributed by atoms with Gasteiger partial charge in [-0.2, -0.15) is 0 Å². The van der Waals surface area contributed by atoms with Crippen LogP contribution in [0.2, 0.25) is 0 Å². The molecule has 0 fully saturated rings. The third-order valence-corrected chi connectivity index (χ3v) is 2.28. The number of aliphatic carboxylic acids is 1. The maximum atomic E-state index is 13.2. The van der Waals surface area contributed by atoms with Gasteiger partial charge >= 0.3 is 5.97 Å². The van der Waals surface area contributed by atoms with E-state index in [1.54, 1.807) is 0 Å². The van der Waals surface area contributed by atoms with Gasteiger partial charge in [0.15, 0.2) is 0 Å².